The summed E-state index contributed by atoms with van der Waals surface area (Å²) >= 11 is 0. The molecule has 1 N–H and O–H groups in total. The SMILES string of the molecule is Fc1ccc(F)c(/N=C/c2cccc3cc[nH]c23)c1. The van der Waals surface area contributed by atoms with Crippen molar-refractivity contribution < 1.29 is 8.78 Å². The van der Waals surface area contributed by atoms with Crippen molar-refractivity contribution in [2.75, 3.05) is 0 Å². The minimum atomic E-state index is -0.545. The van der Waals surface area contributed by atoms with E-state index < -0.39 is 11.6 Å². The average molecular weight is 256 g/mol. The summed E-state index contributed by atoms with van der Waals surface area (Å²) in [6.45, 7) is 0. The molecular weight excluding hydrogens is 246 g/mol. The lowest BCUT2D eigenvalue weighted by Gasteiger charge is -1.98. The molecule has 0 bridgehead atoms. The maximum atomic E-state index is 13.4. The molecule has 0 aliphatic carbocycles. The molecule has 0 atom stereocenters. The number of nitrogens with one attached hydrogen (secondary N) is 1. The number of para-hydroxylation sites is 1. The fraction of sp³-hybridized carbons (Fsp3) is 0. The second kappa shape index (κ2) is 4.65. The molecular formula is C15H10F2N2. The number of aromatic amines is 1. The molecule has 19 heavy (non-hydrogen) atoms. The van der Waals surface area contributed by atoms with Crippen molar-refractivity contribution in [1.82, 2.24) is 4.98 Å². The van der Waals surface area contributed by atoms with Crippen LogP contribution in [0.4, 0.5) is 14.5 Å². The molecule has 2 nitrogen and oxygen atoms in total. The number of hydrogen-bond donors (Lipinski definition) is 1. The maximum absolute atomic E-state index is 13.4. The summed E-state index contributed by atoms with van der Waals surface area (Å²) in [4.78, 5) is 7.10. The van der Waals surface area contributed by atoms with Gasteiger partial charge >= 0.3 is 0 Å². The third kappa shape index (κ3) is 2.25. The first-order chi connectivity index (χ1) is 9.24. The number of nitrogens with zero attached hydrogens (tertiary/aromatic N) is 1. The van der Waals surface area contributed by atoms with E-state index in [9.17, 15) is 8.78 Å². The Balaban J connectivity index is 2.02. The van der Waals surface area contributed by atoms with Crippen LogP contribution < -0.4 is 0 Å². The first-order valence-corrected chi connectivity index (χ1v) is 5.79. The largest absolute Gasteiger partial charge is 0.361 e. The van der Waals surface area contributed by atoms with Crippen LogP contribution in [0.15, 0.2) is 53.7 Å². The third-order valence-electron chi connectivity index (χ3n) is 2.87. The molecule has 3 rings (SSSR count). The van der Waals surface area contributed by atoms with E-state index in [4.69, 9.17) is 0 Å². The Morgan fingerprint density at radius 3 is 2.84 bits per heavy atom. The average Bonchev–Trinajstić information content (AvgIpc) is 2.88. The number of aliphatic imine (C=N–C) groups is 1. The lowest BCUT2D eigenvalue weighted by molar-refractivity contribution is 0.602. The zero-order valence-electron chi connectivity index (χ0n) is 9.90. The van der Waals surface area contributed by atoms with Crippen molar-refractivity contribution in [2.45, 2.75) is 0 Å². The highest BCUT2D eigenvalue weighted by Crippen LogP contribution is 2.20. The highest BCUT2D eigenvalue weighted by molar-refractivity contribution is 5.98. The maximum Gasteiger partial charge on any atom is 0.149 e. The van der Waals surface area contributed by atoms with Crippen LogP contribution in [-0.2, 0) is 0 Å². The van der Waals surface area contributed by atoms with E-state index in [2.05, 4.69) is 9.98 Å². The van der Waals surface area contributed by atoms with Crippen molar-refractivity contribution in [1.29, 1.82) is 0 Å². The van der Waals surface area contributed by atoms with Gasteiger partial charge in [0.25, 0.3) is 0 Å². The molecule has 0 fully saturated rings. The molecule has 0 saturated carbocycles. The summed E-state index contributed by atoms with van der Waals surface area (Å²) in [5.41, 5.74) is 1.73. The Hall–Kier alpha value is -2.49. The molecule has 0 spiro atoms. The molecule has 0 saturated heterocycles. The first-order valence-electron chi connectivity index (χ1n) is 5.79. The fourth-order valence-electron chi connectivity index (χ4n) is 1.94. The van der Waals surface area contributed by atoms with Crippen molar-refractivity contribution in [3.8, 4) is 0 Å². The van der Waals surface area contributed by atoms with E-state index in [-0.39, 0.29) is 5.69 Å². The van der Waals surface area contributed by atoms with E-state index in [0.29, 0.717) is 0 Å². The molecule has 0 aliphatic heterocycles. The second-order valence-corrected chi connectivity index (χ2v) is 4.14. The van der Waals surface area contributed by atoms with Crippen LogP contribution in [0.1, 0.15) is 5.56 Å². The van der Waals surface area contributed by atoms with E-state index in [0.717, 1.165) is 34.7 Å². The van der Waals surface area contributed by atoms with Crippen LogP contribution in [0, 0.1) is 11.6 Å². The minimum Gasteiger partial charge on any atom is -0.361 e. The molecule has 4 heteroatoms. The van der Waals surface area contributed by atoms with Gasteiger partial charge in [-0.25, -0.2) is 8.78 Å². The summed E-state index contributed by atoms with van der Waals surface area (Å²) in [6, 6.07) is 10.9. The number of hydrogen-bond acceptors (Lipinski definition) is 1. The topological polar surface area (TPSA) is 28.1 Å². The van der Waals surface area contributed by atoms with Crippen molar-refractivity contribution in [3.63, 3.8) is 0 Å². The summed E-state index contributed by atoms with van der Waals surface area (Å²) in [6.07, 6.45) is 3.35. The van der Waals surface area contributed by atoms with Gasteiger partial charge in [0.05, 0.1) is 5.52 Å². The second-order valence-electron chi connectivity index (χ2n) is 4.14. The van der Waals surface area contributed by atoms with Crippen molar-refractivity contribution >= 4 is 22.8 Å². The fourth-order valence-corrected chi connectivity index (χ4v) is 1.94. The first kappa shape index (κ1) is 11.6. The van der Waals surface area contributed by atoms with Crippen molar-refractivity contribution in [2.24, 2.45) is 4.99 Å². The highest BCUT2D eigenvalue weighted by Gasteiger charge is 2.02. The molecule has 1 aromatic heterocycles. The smallest absolute Gasteiger partial charge is 0.149 e. The summed E-state index contributed by atoms with van der Waals surface area (Å²) < 4.78 is 26.5. The third-order valence-corrected chi connectivity index (χ3v) is 2.87. The van der Waals surface area contributed by atoms with Gasteiger partial charge in [0, 0.05) is 29.4 Å². The van der Waals surface area contributed by atoms with Gasteiger partial charge in [-0.2, -0.15) is 0 Å². The van der Waals surface area contributed by atoms with E-state index >= 15 is 0 Å². The van der Waals surface area contributed by atoms with Gasteiger partial charge in [-0.3, -0.25) is 4.99 Å². The van der Waals surface area contributed by atoms with Crippen LogP contribution in [0.25, 0.3) is 10.9 Å². The van der Waals surface area contributed by atoms with Crippen LogP contribution in [0.3, 0.4) is 0 Å². The van der Waals surface area contributed by atoms with Gasteiger partial charge in [0.1, 0.15) is 17.3 Å². The van der Waals surface area contributed by atoms with Crippen molar-refractivity contribution in [3.05, 3.63) is 65.9 Å². The molecule has 3 aromatic rings. The summed E-state index contributed by atoms with van der Waals surface area (Å²) in [5.74, 6) is -1.05. The zero-order valence-corrected chi connectivity index (χ0v) is 9.90. The van der Waals surface area contributed by atoms with E-state index in [1.165, 1.54) is 6.21 Å². The van der Waals surface area contributed by atoms with Crippen LogP contribution in [0.2, 0.25) is 0 Å². The molecule has 0 unspecified atom stereocenters. The number of H-pyrrole nitrogens is 1. The Bertz CT molecular complexity index is 760. The van der Waals surface area contributed by atoms with Gasteiger partial charge in [0.15, 0.2) is 0 Å². The Morgan fingerprint density at radius 1 is 1.05 bits per heavy atom. The van der Waals surface area contributed by atoms with E-state index in [1.54, 1.807) is 0 Å². The molecule has 0 aliphatic rings. The number of halogens is 2. The molecule has 0 amide bonds. The minimum absolute atomic E-state index is 0.0106. The van der Waals surface area contributed by atoms with Crippen LogP contribution in [-0.4, -0.2) is 11.2 Å². The quantitative estimate of drug-likeness (QED) is 0.666. The number of fused-ring (bicyclic) bond motifs is 1. The summed E-state index contributed by atoms with van der Waals surface area (Å²) in [7, 11) is 0. The number of aromatic nitrogens is 1. The zero-order chi connectivity index (χ0) is 13.2. The van der Waals surface area contributed by atoms with E-state index in [1.807, 2.05) is 30.5 Å². The monoisotopic (exact) mass is 256 g/mol. The highest BCUT2D eigenvalue weighted by atomic mass is 19.1. The van der Waals surface area contributed by atoms with Crippen LogP contribution >= 0.6 is 0 Å². The van der Waals surface area contributed by atoms with Gasteiger partial charge in [-0.1, -0.05) is 18.2 Å². The Morgan fingerprint density at radius 2 is 1.95 bits per heavy atom. The lowest BCUT2D eigenvalue weighted by atomic mass is 10.1. The molecule has 94 valence electrons. The predicted octanol–water partition coefficient (Wildman–Crippen LogP) is 4.20. The molecule has 2 aromatic carbocycles. The predicted molar refractivity (Wildman–Crippen MR) is 71.9 cm³/mol. The number of rotatable bonds is 2. The van der Waals surface area contributed by atoms with Gasteiger partial charge in [-0.15, -0.1) is 0 Å². The van der Waals surface area contributed by atoms with Gasteiger partial charge in [0.2, 0.25) is 0 Å². The number of benzene rings is 2. The van der Waals surface area contributed by atoms with Crippen LogP contribution in [0.5, 0.6) is 0 Å². The molecule has 1 heterocycles. The Kier molecular flexibility index (Phi) is 2.83. The normalized spacial score (nSPS) is 11.5. The Labute approximate surface area is 108 Å². The lowest BCUT2D eigenvalue weighted by Crippen LogP contribution is -1.85. The van der Waals surface area contributed by atoms with Gasteiger partial charge < -0.3 is 4.98 Å². The van der Waals surface area contributed by atoms with Gasteiger partial charge in [-0.05, 0) is 18.2 Å². The standard InChI is InChI=1S/C15H10F2N2/c16-12-4-5-13(17)14(8-12)19-9-11-3-1-2-10-6-7-18-15(10)11/h1-9,18H/b19-9+. The molecule has 0 radical (unpaired) electrons. The summed E-state index contributed by atoms with van der Waals surface area (Å²) in [5, 5.41) is 1.05.